The molecule has 0 N–H and O–H groups in total. The van der Waals surface area contributed by atoms with Crippen LogP contribution in [0.2, 0.25) is 0 Å². The van der Waals surface area contributed by atoms with Crippen molar-refractivity contribution in [3.8, 4) is 0 Å². The van der Waals surface area contributed by atoms with Gasteiger partial charge in [-0.25, -0.2) is 0 Å². The first kappa shape index (κ1) is 12.7. The van der Waals surface area contributed by atoms with E-state index in [9.17, 15) is 4.79 Å². The van der Waals surface area contributed by atoms with Crippen molar-refractivity contribution in [1.82, 2.24) is 0 Å². The number of carbonyl (C=O) groups is 1. The second-order valence-corrected chi connectivity index (χ2v) is 8.72. The van der Waals surface area contributed by atoms with Crippen LogP contribution in [-0.4, -0.2) is 5.78 Å². The van der Waals surface area contributed by atoms with E-state index in [1.165, 1.54) is 25.7 Å². The highest BCUT2D eigenvalue weighted by Gasteiger charge is 2.63. The summed E-state index contributed by atoms with van der Waals surface area (Å²) in [6, 6.07) is 0. The van der Waals surface area contributed by atoms with Crippen molar-refractivity contribution < 1.29 is 4.79 Å². The van der Waals surface area contributed by atoms with Crippen molar-refractivity contribution in [1.29, 1.82) is 0 Å². The van der Waals surface area contributed by atoms with E-state index >= 15 is 0 Å². The van der Waals surface area contributed by atoms with Gasteiger partial charge >= 0.3 is 0 Å². The summed E-state index contributed by atoms with van der Waals surface area (Å²) in [5.74, 6) is 5.52. The molecule has 0 bridgehead atoms. The highest BCUT2D eigenvalue weighted by atomic mass is 16.1. The van der Waals surface area contributed by atoms with Gasteiger partial charge in [-0.15, -0.1) is 0 Å². The summed E-state index contributed by atoms with van der Waals surface area (Å²) in [6.45, 7) is 4.95. The van der Waals surface area contributed by atoms with Gasteiger partial charge in [-0.05, 0) is 79.1 Å². The molecule has 5 rings (SSSR count). The number of fused-ring (bicyclic) bond motifs is 8. The molecule has 5 aliphatic rings. The van der Waals surface area contributed by atoms with E-state index < -0.39 is 0 Å². The predicted molar refractivity (Wildman–Crippen MR) is 83.6 cm³/mol. The number of carbonyl (C=O) groups excluding carboxylic acids is 1. The monoisotopic (exact) mass is 282 g/mol. The van der Waals surface area contributed by atoms with E-state index in [1.807, 2.05) is 5.57 Å². The molecule has 3 fully saturated rings. The largest absolute Gasteiger partial charge is 0.295 e. The van der Waals surface area contributed by atoms with Gasteiger partial charge in [0.1, 0.15) is 0 Å². The molecule has 1 heteroatoms. The molecule has 0 aromatic carbocycles. The lowest BCUT2D eigenvalue weighted by molar-refractivity contribution is -0.116. The lowest BCUT2D eigenvalue weighted by atomic mass is 9.51. The first-order valence-electron chi connectivity index (χ1n) is 9.04. The van der Waals surface area contributed by atoms with Gasteiger partial charge in [0.15, 0.2) is 5.78 Å². The number of hydrogen-bond donors (Lipinski definition) is 0. The Balaban J connectivity index is 1.59. The average Bonchev–Trinajstić information content (AvgIpc) is 3.18. The van der Waals surface area contributed by atoms with Gasteiger partial charge < -0.3 is 0 Å². The van der Waals surface area contributed by atoms with E-state index in [0.29, 0.717) is 11.2 Å². The van der Waals surface area contributed by atoms with Crippen LogP contribution >= 0.6 is 0 Å². The number of hydrogen-bond acceptors (Lipinski definition) is 1. The normalized spacial score (nSPS) is 53.9. The summed E-state index contributed by atoms with van der Waals surface area (Å²) in [5, 5.41) is 0. The molecule has 0 amide bonds. The lowest BCUT2D eigenvalue weighted by Gasteiger charge is -2.53. The number of allylic oxidation sites excluding steroid dienone is 4. The van der Waals surface area contributed by atoms with Gasteiger partial charge in [0.05, 0.1) is 0 Å². The van der Waals surface area contributed by atoms with Crippen molar-refractivity contribution >= 4 is 5.78 Å². The third kappa shape index (κ3) is 1.51. The first-order chi connectivity index (χ1) is 10.1. The van der Waals surface area contributed by atoms with Crippen molar-refractivity contribution in [3.05, 3.63) is 23.3 Å². The number of ketones is 1. The fraction of sp³-hybridized carbons (Fsp3) is 0.750. The van der Waals surface area contributed by atoms with Gasteiger partial charge in [-0.3, -0.25) is 4.79 Å². The Labute approximate surface area is 127 Å². The molecular formula is C20H26O. The van der Waals surface area contributed by atoms with E-state index in [-0.39, 0.29) is 0 Å². The molecule has 7 atom stereocenters. The molecule has 0 aromatic heterocycles. The second kappa shape index (κ2) is 3.91. The van der Waals surface area contributed by atoms with Crippen LogP contribution in [0.4, 0.5) is 0 Å². The molecule has 0 aliphatic heterocycles. The first-order valence-corrected chi connectivity index (χ1v) is 9.04. The summed E-state index contributed by atoms with van der Waals surface area (Å²) < 4.78 is 0. The average molecular weight is 282 g/mol. The zero-order chi connectivity index (χ0) is 14.4. The van der Waals surface area contributed by atoms with Crippen LogP contribution in [0, 0.1) is 40.9 Å². The minimum Gasteiger partial charge on any atom is -0.295 e. The Bertz CT molecular complexity index is 583. The summed E-state index contributed by atoms with van der Waals surface area (Å²) in [5.41, 5.74) is 3.76. The lowest BCUT2D eigenvalue weighted by Crippen LogP contribution is -2.46. The highest BCUT2D eigenvalue weighted by Crippen LogP contribution is 2.71. The van der Waals surface area contributed by atoms with Crippen molar-refractivity contribution in [2.75, 3.05) is 0 Å². The molecule has 7 unspecified atom stereocenters. The van der Waals surface area contributed by atoms with Gasteiger partial charge in [-0.1, -0.05) is 31.1 Å². The Kier molecular flexibility index (Phi) is 2.36. The molecule has 0 radical (unpaired) electrons. The van der Waals surface area contributed by atoms with Crippen LogP contribution in [0.3, 0.4) is 0 Å². The Morgan fingerprint density at radius 3 is 2.95 bits per heavy atom. The summed E-state index contributed by atoms with van der Waals surface area (Å²) in [7, 11) is 0. The smallest absolute Gasteiger partial charge is 0.155 e. The maximum absolute atomic E-state index is 11.9. The van der Waals surface area contributed by atoms with Crippen molar-refractivity contribution in [2.45, 2.75) is 52.4 Å². The van der Waals surface area contributed by atoms with E-state index in [2.05, 4.69) is 26.0 Å². The van der Waals surface area contributed by atoms with Gasteiger partial charge in [-0.2, -0.15) is 0 Å². The van der Waals surface area contributed by atoms with Crippen LogP contribution in [0.15, 0.2) is 23.3 Å². The van der Waals surface area contributed by atoms with Crippen LogP contribution in [-0.2, 0) is 4.79 Å². The number of rotatable bonds is 0. The van der Waals surface area contributed by atoms with E-state index in [4.69, 9.17) is 0 Å². The molecule has 3 saturated carbocycles. The molecular weight excluding hydrogens is 256 g/mol. The third-order valence-corrected chi connectivity index (χ3v) is 7.83. The SMILES string of the molecule is CC1CC=C2C1CCC1C2C2CC2C2=CC(=O)CCC21C. The van der Waals surface area contributed by atoms with Crippen LogP contribution in [0.25, 0.3) is 0 Å². The second-order valence-electron chi connectivity index (χ2n) is 8.72. The van der Waals surface area contributed by atoms with Crippen molar-refractivity contribution in [2.24, 2.45) is 40.9 Å². The highest BCUT2D eigenvalue weighted by molar-refractivity contribution is 5.92. The Morgan fingerprint density at radius 1 is 1.24 bits per heavy atom. The molecule has 0 spiro atoms. The van der Waals surface area contributed by atoms with Crippen molar-refractivity contribution in [3.63, 3.8) is 0 Å². The molecule has 5 aliphatic carbocycles. The molecule has 0 saturated heterocycles. The Hall–Kier alpha value is -0.850. The topological polar surface area (TPSA) is 17.1 Å². The van der Waals surface area contributed by atoms with E-state index in [1.54, 1.807) is 5.57 Å². The van der Waals surface area contributed by atoms with Crippen LogP contribution in [0.1, 0.15) is 52.4 Å². The molecule has 0 aromatic rings. The minimum absolute atomic E-state index is 0.341. The quantitative estimate of drug-likeness (QED) is 0.596. The summed E-state index contributed by atoms with van der Waals surface area (Å²) in [4.78, 5) is 11.9. The standard InChI is InChI=1S/C20H26O/c1-11-3-4-14-13(11)5-6-17-19(14)16-10-15(16)18-9-12(21)7-8-20(17,18)2/h4,9,11,13,15-17,19H,3,5-8,10H2,1-2H3. The van der Waals surface area contributed by atoms with E-state index in [0.717, 1.165) is 48.3 Å². The molecule has 21 heavy (non-hydrogen) atoms. The molecule has 0 heterocycles. The molecule has 112 valence electrons. The third-order valence-electron chi connectivity index (χ3n) is 7.83. The Morgan fingerprint density at radius 2 is 2.10 bits per heavy atom. The zero-order valence-corrected chi connectivity index (χ0v) is 13.3. The zero-order valence-electron chi connectivity index (χ0n) is 13.3. The maximum atomic E-state index is 11.9. The minimum atomic E-state index is 0.341. The molecule has 1 nitrogen and oxygen atoms in total. The fourth-order valence-corrected chi connectivity index (χ4v) is 6.67. The van der Waals surface area contributed by atoms with Gasteiger partial charge in [0.25, 0.3) is 0 Å². The maximum Gasteiger partial charge on any atom is 0.155 e. The van der Waals surface area contributed by atoms with Crippen LogP contribution < -0.4 is 0 Å². The fourth-order valence-electron chi connectivity index (χ4n) is 6.67. The predicted octanol–water partition coefficient (Wildman–Crippen LogP) is 4.54. The van der Waals surface area contributed by atoms with Crippen LogP contribution in [0.5, 0.6) is 0 Å². The summed E-state index contributed by atoms with van der Waals surface area (Å²) >= 11 is 0. The van der Waals surface area contributed by atoms with Gasteiger partial charge in [0, 0.05) is 6.42 Å². The van der Waals surface area contributed by atoms with Gasteiger partial charge in [0.2, 0.25) is 0 Å². The summed E-state index contributed by atoms with van der Waals surface area (Å²) in [6.07, 6.45) is 12.1.